The molecule has 0 aliphatic heterocycles. The second kappa shape index (κ2) is 5.59. The Labute approximate surface area is 83.1 Å². The largest absolute Gasteiger partial charge is 0.390 e. The SMILES string of the molecule is FC(F)(F)CCNCCC1CCCC1. The molecule has 84 valence electrons. The normalized spacial score (nSPS) is 19.1. The molecule has 1 rings (SSSR count). The highest BCUT2D eigenvalue weighted by Gasteiger charge is 2.25. The van der Waals surface area contributed by atoms with Gasteiger partial charge in [-0.05, 0) is 18.9 Å². The summed E-state index contributed by atoms with van der Waals surface area (Å²) in [6.45, 7) is 0.803. The van der Waals surface area contributed by atoms with Gasteiger partial charge in [-0.2, -0.15) is 13.2 Å². The fourth-order valence-electron chi connectivity index (χ4n) is 1.96. The predicted molar refractivity (Wildman–Crippen MR) is 50.1 cm³/mol. The molecule has 1 fully saturated rings. The third kappa shape index (κ3) is 5.47. The van der Waals surface area contributed by atoms with Crippen molar-refractivity contribution < 1.29 is 13.2 Å². The van der Waals surface area contributed by atoms with Gasteiger partial charge in [0.2, 0.25) is 0 Å². The van der Waals surface area contributed by atoms with Gasteiger partial charge in [0, 0.05) is 6.54 Å². The van der Waals surface area contributed by atoms with E-state index >= 15 is 0 Å². The molecule has 14 heavy (non-hydrogen) atoms. The van der Waals surface area contributed by atoms with Crippen molar-refractivity contribution in [3.63, 3.8) is 0 Å². The Hall–Kier alpha value is -0.250. The van der Waals surface area contributed by atoms with E-state index in [1.54, 1.807) is 0 Å². The van der Waals surface area contributed by atoms with Gasteiger partial charge in [0.15, 0.2) is 0 Å². The highest BCUT2D eigenvalue weighted by Crippen LogP contribution is 2.26. The first-order valence-corrected chi connectivity index (χ1v) is 5.35. The average Bonchev–Trinajstić information content (AvgIpc) is 2.54. The highest BCUT2D eigenvalue weighted by molar-refractivity contribution is 4.68. The Kier molecular flexibility index (Phi) is 4.72. The maximum absolute atomic E-state index is 11.7. The van der Waals surface area contributed by atoms with Gasteiger partial charge < -0.3 is 5.32 Å². The van der Waals surface area contributed by atoms with Gasteiger partial charge in [0.05, 0.1) is 6.42 Å². The van der Waals surface area contributed by atoms with Crippen molar-refractivity contribution in [2.45, 2.75) is 44.7 Å². The third-order valence-corrected chi connectivity index (χ3v) is 2.79. The zero-order valence-corrected chi connectivity index (χ0v) is 8.37. The summed E-state index contributed by atoms with van der Waals surface area (Å²) in [5.41, 5.74) is 0. The summed E-state index contributed by atoms with van der Waals surface area (Å²) >= 11 is 0. The van der Waals surface area contributed by atoms with E-state index in [2.05, 4.69) is 5.32 Å². The van der Waals surface area contributed by atoms with Crippen LogP contribution in [0.15, 0.2) is 0 Å². The van der Waals surface area contributed by atoms with Crippen LogP contribution in [-0.2, 0) is 0 Å². The van der Waals surface area contributed by atoms with Gasteiger partial charge in [0.25, 0.3) is 0 Å². The van der Waals surface area contributed by atoms with Crippen molar-refractivity contribution in [1.29, 1.82) is 0 Å². The lowest BCUT2D eigenvalue weighted by Gasteiger charge is -2.10. The summed E-state index contributed by atoms with van der Waals surface area (Å²) in [4.78, 5) is 0. The minimum Gasteiger partial charge on any atom is -0.316 e. The van der Waals surface area contributed by atoms with Crippen LogP contribution in [0.5, 0.6) is 0 Å². The molecule has 1 nitrogen and oxygen atoms in total. The van der Waals surface area contributed by atoms with Crippen LogP contribution < -0.4 is 5.32 Å². The lowest BCUT2D eigenvalue weighted by atomic mass is 10.0. The Morgan fingerprint density at radius 1 is 1.07 bits per heavy atom. The summed E-state index contributed by atoms with van der Waals surface area (Å²) in [5, 5.41) is 2.85. The van der Waals surface area contributed by atoms with E-state index in [0.29, 0.717) is 0 Å². The predicted octanol–water partition coefficient (Wildman–Crippen LogP) is 3.11. The summed E-state index contributed by atoms with van der Waals surface area (Å²) in [6, 6.07) is 0. The molecule has 4 heteroatoms. The minimum atomic E-state index is -4.01. The Morgan fingerprint density at radius 3 is 2.29 bits per heavy atom. The quantitative estimate of drug-likeness (QED) is 0.686. The lowest BCUT2D eigenvalue weighted by Crippen LogP contribution is -2.23. The third-order valence-electron chi connectivity index (χ3n) is 2.79. The highest BCUT2D eigenvalue weighted by atomic mass is 19.4. The van der Waals surface area contributed by atoms with E-state index < -0.39 is 12.6 Å². The molecule has 0 spiro atoms. The van der Waals surface area contributed by atoms with Crippen LogP contribution in [0.4, 0.5) is 13.2 Å². The number of rotatable bonds is 5. The topological polar surface area (TPSA) is 12.0 Å². The molecule has 0 radical (unpaired) electrons. The van der Waals surface area contributed by atoms with Crippen LogP contribution in [0, 0.1) is 5.92 Å². The number of nitrogens with one attached hydrogen (secondary N) is 1. The van der Waals surface area contributed by atoms with Crippen LogP contribution in [0.1, 0.15) is 38.5 Å². The minimum absolute atomic E-state index is 0.0657. The number of halogens is 3. The first kappa shape index (κ1) is 11.8. The summed E-state index contributed by atoms with van der Waals surface area (Å²) in [5.74, 6) is 0.758. The number of alkyl halides is 3. The molecule has 0 unspecified atom stereocenters. The second-order valence-corrected chi connectivity index (χ2v) is 4.05. The Morgan fingerprint density at radius 2 is 1.71 bits per heavy atom. The average molecular weight is 209 g/mol. The standard InChI is InChI=1S/C10H18F3N/c11-10(12,13)6-8-14-7-5-9-3-1-2-4-9/h9,14H,1-8H2. The maximum Gasteiger partial charge on any atom is 0.390 e. The van der Waals surface area contributed by atoms with Gasteiger partial charge in [-0.15, -0.1) is 0 Å². The van der Waals surface area contributed by atoms with Crippen LogP contribution in [0.2, 0.25) is 0 Å². The monoisotopic (exact) mass is 209 g/mol. The molecule has 0 aromatic carbocycles. The molecule has 0 aromatic rings. The molecular formula is C10H18F3N. The lowest BCUT2D eigenvalue weighted by molar-refractivity contribution is -0.133. The van der Waals surface area contributed by atoms with Crippen molar-refractivity contribution >= 4 is 0 Å². The first-order chi connectivity index (χ1) is 6.58. The molecule has 1 aliphatic rings. The van der Waals surface area contributed by atoms with Crippen molar-refractivity contribution in [3.05, 3.63) is 0 Å². The van der Waals surface area contributed by atoms with Gasteiger partial charge in [0.1, 0.15) is 0 Å². The van der Waals surface area contributed by atoms with Gasteiger partial charge >= 0.3 is 6.18 Å². The van der Waals surface area contributed by atoms with Crippen molar-refractivity contribution in [2.75, 3.05) is 13.1 Å². The van der Waals surface area contributed by atoms with Crippen LogP contribution >= 0.6 is 0 Å². The summed E-state index contributed by atoms with van der Waals surface area (Å²) in [6.07, 6.45) is 1.44. The zero-order valence-electron chi connectivity index (χ0n) is 8.37. The molecule has 0 aromatic heterocycles. The van der Waals surface area contributed by atoms with E-state index in [0.717, 1.165) is 18.9 Å². The molecule has 1 saturated carbocycles. The number of hydrogen-bond acceptors (Lipinski definition) is 1. The fraction of sp³-hybridized carbons (Fsp3) is 1.00. The van der Waals surface area contributed by atoms with Crippen molar-refractivity contribution in [1.82, 2.24) is 5.32 Å². The van der Waals surface area contributed by atoms with Crippen LogP contribution in [0.3, 0.4) is 0 Å². The number of hydrogen-bond donors (Lipinski definition) is 1. The molecule has 0 amide bonds. The second-order valence-electron chi connectivity index (χ2n) is 4.05. The summed E-state index contributed by atoms with van der Waals surface area (Å²) < 4.78 is 35.2. The van der Waals surface area contributed by atoms with E-state index in [4.69, 9.17) is 0 Å². The molecule has 1 N–H and O–H groups in total. The molecular weight excluding hydrogens is 191 g/mol. The van der Waals surface area contributed by atoms with E-state index in [9.17, 15) is 13.2 Å². The van der Waals surface area contributed by atoms with E-state index in [1.807, 2.05) is 0 Å². The van der Waals surface area contributed by atoms with Gasteiger partial charge in [-0.3, -0.25) is 0 Å². The molecule has 0 bridgehead atoms. The van der Waals surface area contributed by atoms with Gasteiger partial charge in [-0.25, -0.2) is 0 Å². The van der Waals surface area contributed by atoms with E-state index in [-0.39, 0.29) is 6.54 Å². The van der Waals surface area contributed by atoms with Crippen molar-refractivity contribution in [2.24, 2.45) is 5.92 Å². The molecule has 0 heterocycles. The maximum atomic E-state index is 11.7. The fourth-order valence-corrected chi connectivity index (χ4v) is 1.96. The first-order valence-electron chi connectivity index (χ1n) is 5.35. The Balaban J connectivity index is 1.89. The van der Waals surface area contributed by atoms with E-state index in [1.165, 1.54) is 25.7 Å². The molecule has 1 aliphatic carbocycles. The van der Waals surface area contributed by atoms with Crippen molar-refractivity contribution in [3.8, 4) is 0 Å². The van der Waals surface area contributed by atoms with Crippen LogP contribution in [0.25, 0.3) is 0 Å². The zero-order chi connectivity index (χ0) is 10.4. The summed E-state index contributed by atoms with van der Waals surface area (Å²) in [7, 11) is 0. The molecule has 0 atom stereocenters. The van der Waals surface area contributed by atoms with Crippen LogP contribution in [-0.4, -0.2) is 19.3 Å². The van der Waals surface area contributed by atoms with Gasteiger partial charge in [-0.1, -0.05) is 25.7 Å². The Bertz CT molecular complexity index is 150. The smallest absolute Gasteiger partial charge is 0.316 e. The molecule has 0 saturated heterocycles.